The Hall–Kier alpha value is -2.50. The third-order valence-corrected chi connectivity index (χ3v) is 3.29. The van der Waals surface area contributed by atoms with Crippen LogP contribution in [0.4, 0.5) is 10.2 Å². The molecule has 0 saturated heterocycles. The van der Waals surface area contributed by atoms with Crippen LogP contribution in [0.25, 0.3) is 0 Å². The summed E-state index contributed by atoms with van der Waals surface area (Å²) < 4.78 is 12.8. The zero-order chi connectivity index (χ0) is 16.7. The van der Waals surface area contributed by atoms with Crippen molar-refractivity contribution in [3.8, 4) is 0 Å². The van der Waals surface area contributed by atoms with E-state index in [0.29, 0.717) is 30.5 Å². The summed E-state index contributed by atoms with van der Waals surface area (Å²) in [6.07, 6.45) is 0.927. The van der Waals surface area contributed by atoms with Gasteiger partial charge in [-0.3, -0.25) is 4.79 Å². The van der Waals surface area contributed by atoms with E-state index in [1.165, 1.54) is 12.1 Å². The van der Waals surface area contributed by atoms with Gasteiger partial charge in [0, 0.05) is 13.1 Å². The summed E-state index contributed by atoms with van der Waals surface area (Å²) in [7, 11) is 0. The van der Waals surface area contributed by atoms with E-state index in [0.717, 1.165) is 12.0 Å². The van der Waals surface area contributed by atoms with E-state index in [1.807, 2.05) is 0 Å². The van der Waals surface area contributed by atoms with Crippen molar-refractivity contribution in [2.24, 2.45) is 5.92 Å². The first-order valence-electron chi connectivity index (χ1n) is 7.65. The van der Waals surface area contributed by atoms with E-state index >= 15 is 0 Å². The summed E-state index contributed by atoms with van der Waals surface area (Å²) in [6.45, 7) is 5.35. The lowest BCUT2D eigenvalue weighted by atomic mass is 10.1. The molecule has 23 heavy (non-hydrogen) atoms. The van der Waals surface area contributed by atoms with Gasteiger partial charge in [-0.1, -0.05) is 26.0 Å². The molecule has 5 nitrogen and oxygen atoms in total. The maximum Gasteiger partial charge on any atom is 0.271 e. The molecule has 0 spiro atoms. The van der Waals surface area contributed by atoms with Crippen LogP contribution in [0.2, 0.25) is 0 Å². The monoisotopic (exact) mass is 316 g/mol. The maximum atomic E-state index is 12.8. The minimum absolute atomic E-state index is 0.219. The summed E-state index contributed by atoms with van der Waals surface area (Å²) in [6, 6.07) is 9.55. The number of hydrogen-bond acceptors (Lipinski definition) is 4. The molecule has 0 atom stereocenters. The van der Waals surface area contributed by atoms with E-state index < -0.39 is 0 Å². The van der Waals surface area contributed by atoms with Crippen molar-refractivity contribution < 1.29 is 9.18 Å². The molecule has 122 valence electrons. The fourth-order valence-corrected chi connectivity index (χ4v) is 1.91. The van der Waals surface area contributed by atoms with Gasteiger partial charge in [-0.25, -0.2) is 4.39 Å². The van der Waals surface area contributed by atoms with Crippen molar-refractivity contribution in [2.45, 2.75) is 26.8 Å². The number of carbonyl (C=O) groups is 1. The summed E-state index contributed by atoms with van der Waals surface area (Å²) in [5, 5.41) is 13.8. The minimum Gasteiger partial charge on any atom is -0.365 e. The second kappa shape index (κ2) is 8.22. The number of anilines is 1. The van der Waals surface area contributed by atoms with Gasteiger partial charge in [0.05, 0.1) is 0 Å². The molecule has 0 aliphatic rings. The number of aromatic nitrogens is 2. The van der Waals surface area contributed by atoms with Gasteiger partial charge in [0.1, 0.15) is 11.6 Å². The topological polar surface area (TPSA) is 66.9 Å². The Balaban J connectivity index is 1.84. The van der Waals surface area contributed by atoms with Crippen LogP contribution in [0.3, 0.4) is 0 Å². The third kappa shape index (κ3) is 5.65. The fraction of sp³-hybridized carbons (Fsp3) is 0.353. The molecular formula is C17H21FN4O. The van der Waals surface area contributed by atoms with Crippen LogP contribution in [0.1, 0.15) is 36.3 Å². The molecule has 6 heteroatoms. The average Bonchev–Trinajstić information content (AvgIpc) is 2.54. The Bertz CT molecular complexity index is 626. The van der Waals surface area contributed by atoms with Crippen LogP contribution < -0.4 is 10.6 Å². The Morgan fingerprint density at radius 2 is 1.87 bits per heavy atom. The van der Waals surface area contributed by atoms with Crippen LogP contribution in [-0.2, 0) is 6.54 Å². The molecule has 2 aromatic rings. The lowest BCUT2D eigenvalue weighted by molar-refractivity contribution is 0.0946. The fourth-order valence-electron chi connectivity index (χ4n) is 1.91. The summed E-state index contributed by atoms with van der Waals surface area (Å²) in [4.78, 5) is 11.9. The van der Waals surface area contributed by atoms with Gasteiger partial charge in [0.2, 0.25) is 0 Å². The van der Waals surface area contributed by atoms with Crippen molar-refractivity contribution in [3.63, 3.8) is 0 Å². The molecule has 1 heterocycles. The quantitative estimate of drug-likeness (QED) is 0.824. The Labute approximate surface area is 135 Å². The molecule has 0 saturated carbocycles. The zero-order valence-electron chi connectivity index (χ0n) is 13.3. The summed E-state index contributed by atoms with van der Waals surface area (Å²) >= 11 is 0. The van der Waals surface area contributed by atoms with Crippen LogP contribution in [0.15, 0.2) is 36.4 Å². The standard InChI is InChI=1S/C17H21FN4O/c1-12(2)9-10-19-17(23)15-7-8-16(22-21-15)20-11-13-3-5-14(18)6-4-13/h3-8,12H,9-11H2,1-2H3,(H,19,23)(H,20,22). The number of halogens is 1. The highest BCUT2D eigenvalue weighted by molar-refractivity contribution is 5.92. The van der Waals surface area contributed by atoms with Crippen LogP contribution in [0.5, 0.6) is 0 Å². The van der Waals surface area contributed by atoms with E-state index in [-0.39, 0.29) is 11.7 Å². The largest absolute Gasteiger partial charge is 0.365 e. The van der Waals surface area contributed by atoms with Crippen LogP contribution in [-0.4, -0.2) is 22.6 Å². The van der Waals surface area contributed by atoms with Crippen LogP contribution >= 0.6 is 0 Å². The van der Waals surface area contributed by atoms with Crippen molar-refractivity contribution in [1.82, 2.24) is 15.5 Å². The molecule has 0 radical (unpaired) electrons. The van der Waals surface area contributed by atoms with E-state index in [9.17, 15) is 9.18 Å². The Morgan fingerprint density at radius 3 is 2.48 bits per heavy atom. The zero-order valence-corrected chi connectivity index (χ0v) is 13.3. The first-order valence-corrected chi connectivity index (χ1v) is 7.65. The van der Waals surface area contributed by atoms with Gasteiger partial charge >= 0.3 is 0 Å². The number of nitrogens with zero attached hydrogens (tertiary/aromatic N) is 2. The van der Waals surface area contributed by atoms with E-state index in [4.69, 9.17) is 0 Å². The number of nitrogens with one attached hydrogen (secondary N) is 2. The normalized spacial score (nSPS) is 10.6. The molecule has 0 aliphatic heterocycles. The van der Waals surface area contributed by atoms with Crippen molar-refractivity contribution >= 4 is 11.7 Å². The lowest BCUT2D eigenvalue weighted by Gasteiger charge is -2.07. The Morgan fingerprint density at radius 1 is 1.13 bits per heavy atom. The number of carbonyl (C=O) groups excluding carboxylic acids is 1. The maximum absolute atomic E-state index is 12.8. The molecule has 0 fully saturated rings. The summed E-state index contributed by atoms with van der Waals surface area (Å²) in [5.41, 5.74) is 1.23. The SMILES string of the molecule is CC(C)CCNC(=O)c1ccc(NCc2ccc(F)cc2)nn1. The molecule has 2 N–H and O–H groups in total. The number of rotatable bonds is 7. The van der Waals surface area contributed by atoms with E-state index in [1.54, 1.807) is 24.3 Å². The van der Waals surface area contributed by atoms with Crippen molar-refractivity contribution in [2.75, 3.05) is 11.9 Å². The average molecular weight is 316 g/mol. The lowest BCUT2D eigenvalue weighted by Crippen LogP contribution is -2.26. The smallest absolute Gasteiger partial charge is 0.271 e. The predicted octanol–water partition coefficient (Wildman–Crippen LogP) is 3.00. The molecule has 2 rings (SSSR count). The van der Waals surface area contributed by atoms with Gasteiger partial charge in [0.25, 0.3) is 5.91 Å². The molecule has 1 amide bonds. The van der Waals surface area contributed by atoms with Gasteiger partial charge in [-0.2, -0.15) is 0 Å². The second-order valence-corrected chi connectivity index (χ2v) is 5.72. The van der Waals surface area contributed by atoms with Gasteiger partial charge in [-0.15, -0.1) is 10.2 Å². The molecule has 1 aromatic carbocycles. The van der Waals surface area contributed by atoms with Gasteiger partial charge in [0.15, 0.2) is 5.69 Å². The Kier molecular flexibility index (Phi) is 6.02. The first-order chi connectivity index (χ1) is 11.0. The van der Waals surface area contributed by atoms with E-state index in [2.05, 4.69) is 34.7 Å². The molecule has 0 bridgehead atoms. The molecule has 1 aromatic heterocycles. The number of amides is 1. The molecular weight excluding hydrogens is 295 g/mol. The van der Waals surface area contributed by atoms with Crippen LogP contribution in [0, 0.1) is 11.7 Å². The third-order valence-electron chi connectivity index (χ3n) is 3.29. The van der Waals surface area contributed by atoms with Gasteiger partial charge < -0.3 is 10.6 Å². The second-order valence-electron chi connectivity index (χ2n) is 5.72. The number of benzene rings is 1. The first kappa shape index (κ1) is 16.9. The van der Waals surface area contributed by atoms with Crippen molar-refractivity contribution in [3.05, 3.63) is 53.5 Å². The molecule has 0 aliphatic carbocycles. The highest BCUT2D eigenvalue weighted by Crippen LogP contribution is 2.07. The summed E-state index contributed by atoms with van der Waals surface area (Å²) in [5.74, 6) is 0.622. The van der Waals surface area contributed by atoms with Gasteiger partial charge in [-0.05, 0) is 42.2 Å². The highest BCUT2D eigenvalue weighted by atomic mass is 19.1. The predicted molar refractivity (Wildman–Crippen MR) is 87.5 cm³/mol. The minimum atomic E-state index is -0.263. The molecule has 0 unspecified atom stereocenters. The highest BCUT2D eigenvalue weighted by Gasteiger charge is 2.08. The van der Waals surface area contributed by atoms with Crippen molar-refractivity contribution in [1.29, 1.82) is 0 Å². The number of hydrogen-bond donors (Lipinski definition) is 2.